The van der Waals surface area contributed by atoms with Gasteiger partial charge in [0.2, 0.25) is 0 Å². The molecule has 0 bridgehead atoms. The van der Waals surface area contributed by atoms with Gasteiger partial charge in [0.25, 0.3) is 0 Å². The van der Waals surface area contributed by atoms with Crippen LogP contribution in [0.4, 0.5) is 5.82 Å². The van der Waals surface area contributed by atoms with Gasteiger partial charge < -0.3 is 14.9 Å². The second-order valence-corrected chi connectivity index (χ2v) is 4.00. The number of benzene rings is 1. The number of hydrazine groups is 1. The SMILES string of the molecule is COc1ccc(COCc2cccc(NN)n2)cc1. The summed E-state index contributed by atoms with van der Waals surface area (Å²) in [6.45, 7) is 0.980. The van der Waals surface area contributed by atoms with Crippen LogP contribution in [0, 0.1) is 0 Å². The Kier molecular flexibility index (Phi) is 4.72. The van der Waals surface area contributed by atoms with Gasteiger partial charge in [-0.05, 0) is 29.8 Å². The number of nitrogens with zero attached hydrogens (tertiary/aromatic N) is 1. The van der Waals surface area contributed by atoms with E-state index < -0.39 is 0 Å². The summed E-state index contributed by atoms with van der Waals surface area (Å²) in [5, 5.41) is 0. The first kappa shape index (κ1) is 13.3. The molecule has 0 saturated heterocycles. The average molecular weight is 259 g/mol. The minimum Gasteiger partial charge on any atom is -0.497 e. The highest BCUT2D eigenvalue weighted by atomic mass is 16.5. The monoisotopic (exact) mass is 259 g/mol. The molecule has 5 nitrogen and oxygen atoms in total. The summed E-state index contributed by atoms with van der Waals surface area (Å²) >= 11 is 0. The van der Waals surface area contributed by atoms with Crippen LogP contribution in [-0.2, 0) is 18.0 Å². The molecule has 3 N–H and O–H groups in total. The maximum atomic E-state index is 5.61. The largest absolute Gasteiger partial charge is 0.497 e. The number of pyridine rings is 1. The van der Waals surface area contributed by atoms with Crippen LogP contribution < -0.4 is 16.0 Å². The summed E-state index contributed by atoms with van der Waals surface area (Å²) in [6, 6.07) is 13.4. The maximum Gasteiger partial charge on any atom is 0.140 e. The molecule has 0 amide bonds. The van der Waals surface area contributed by atoms with Crippen molar-refractivity contribution in [3.63, 3.8) is 0 Å². The molecule has 5 heteroatoms. The fourth-order valence-corrected chi connectivity index (χ4v) is 1.64. The van der Waals surface area contributed by atoms with Crippen LogP contribution >= 0.6 is 0 Å². The fraction of sp³-hybridized carbons (Fsp3) is 0.214. The number of rotatable bonds is 6. The predicted molar refractivity (Wildman–Crippen MR) is 73.5 cm³/mol. The molecule has 2 rings (SSSR count). The first-order chi connectivity index (χ1) is 9.31. The van der Waals surface area contributed by atoms with Crippen molar-refractivity contribution in [3.05, 3.63) is 53.7 Å². The van der Waals surface area contributed by atoms with Gasteiger partial charge in [0, 0.05) is 0 Å². The van der Waals surface area contributed by atoms with E-state index in [4.69, 9.17) is 15.3 Å². The van der Waals surface area contributed by atoms with Crippen molar-refractivity contribution in [2.45, 2.75) is 13.2 Å². The first-order valence-corrected chi connectivity index (χ1v) is 5.95. The van der Waals surface area contributed by atoms with Crippen molar-refractivity contribution in [2.24, 2.45) is 5.84 Å². The average Bonchev–Trinajstić information content (AvgIpc) is 2.48. The smallest absolute Gasteiger partial charge is 0.140 e. The molecule has 100 valence electrons. The molecular formula is C14H17N3O2. The van der Waals surface area contributed by atoms with Crippen molar-refractivity contribution >= 4 is 5.82 Å². The number of aromatic nitrogens is 1. The number of methoxy groups -OCH3 is 1. The molecule has 0 aliphatic heterocycles. The maximum absolute atomic E-state index is 5.61. The van der Waals surface area contributed by atoms with Gasteiger partial charge in [-0.3, -0.25) is 0 Å². The highest BCUT2D eigenvalue weighted by molar-refractivity contribution is 5.33. The predicted octanol–water partition coefficient (Wildman–Crippen LogP) is 2.09. The molecule has 1 aromatic heterocycles. The van der Waals surface area contributed by atoms with Gasteiger partial charge in [-0.1, -0.05) is 18.2 Å². The Bertz CT molecular complexity index is 514. The van der Waals surface area contributed by atoms with Crippen molar-refractivity contribution in [2.75, 3.05) is 12.5 Å². The zero-order chi connectivity index (χ0) is 13.5. The van der Waals surface area contributed by atoms with Gasteiger partial charge in [0.1, 0.15) is 11.6 Å². The Morgan fingerprint density at radius 3 is 2.58 bits per heavy atom. The van der Waals surface area contributed by atoms with Gasteiger partial charge in [-0.25, -0.2) is 10.8 Å². The topological polar surface area (TPSA) is 69.4 Å². The molecule has 0 unspecified atom stereocenters. The summed E-state index contributed by atoms with van der Waals surface area (Å²) < 4.78 is 10.7. The van der Waals surface area contributed by atoms with Crippen LogP contribution in [-0.4, -0.2) is 12.1 Å². The van der Waals surface area contributed by atoms with Crippen LogP contribution in [0.15, 0.2) is 42.5 Å². The zero-order valence-electron chi connectivity index (χ0n) is 10.8. The Balaban J connectivity index is 1.85. The first-order valence-electron chi connectivity index (χ1n) is 5.95. The van der Waals surface area contributed by atoms with E-state index in [9.17, 15) is 0 Å². The third kappa shape index (κ3) is 3.94. The second kappa shape index (κ2) is 6.72. The lowest BCUT2D eigenvalue weighted by molar-refractivity contribution is 0.104. The number of hydrogen-bond acceptors (Lipinski definition) is 5. The van der Waals surface area contributed by atoms with E-state index in [0.29, 0.717) is 19.0 Å². The van der Waals surface area contributed by atoms with Crippen LogP contribution in [0.25, 0.3) is 0 Å². The summed E-state index contributed by atoms with van der Waals surface area (Å²) in [5.41, 5.74) is 4.44. The van der Waals surface area contributed by atoms with E-state index in [1.807, 2.05) is 36.4 Å². The minimum absolute atomic E-state index is 0.446. The molecule has 0 aliphatic rings. The Labute approximate surface area is 112 Å². The van der Waals surface area contributed by atoms with E-state index in [2.05, 4.69) is 10.4 Å². The van der Waals surface area contributed by atoms with E-state index >= 15 is 0 Å². The number of nitrogens with two attached hydrogens (primary N) is 1. The summed E-state index contributed by atoms with van der Waals surface area (Å²) in [6.07, 6.45) is 0. The van der Waals surface area contributed by atoms with E-state index in [1.165, 1.54) is 0 Å². The third-order valence-corrected chi connectivity index (χ3v) is 2.63. The molecule has 0 radical (unpaired) electrons. The highest BCUT2D eigenvalue weighted by Crippen LogP contribution is 2.12. The van der Waals surface area contributed by atoms with E-state index in [0.717, 1.165) is 17.0 Å². The quantitative estimate of drug-likeness (QED) is 0.614. The molecule has 1 heterocycles. The number of anilines is 1. The normalized spacial score (nSPS) is 10.2. The molecule has 0 aliphatic carbocycles. The van der Waals surface area contributed by atoms with E-state index in [1.54, 1.807) is 13.2 Å². The molecule has 2 aromatic rings. The lowest BCUT2D eigenvalue weighted by atomic mass is 10.2. The van der Waals surface area contributed by atoms with Crippen molar-refractivity contribution in [3.8, 4) is 5.75 Å². The van der Waals surface area contributed by atoms with Crippen LogP contribution in [0.2, 0.25) is 0 Å². The van der Waals surface area contributed by atoms with Gasteiger partial charge in [0.15, 0.2) is 0 Å². The third-order valence-electron chi connectivity index (χ3n) is 2.63. The molecule has 0 atom stereocenters. The van der Waals surface area contributed by atoms with Crippen LogP contribution in [0.5, 0.6) is 5.75 Å². The summed E-state index contributed by atoms with van der Waals surface area (Å²) in [7, 11) is 1.65. The van der Waals surface area contributed by atoms with Crippen molar-refractivity contribution < 1.29 is 9.47 Å². The van der Waals surface area contributed by atoms with Crippen molar-refractivity contribution in [1.29, 1.82) is 0 Å². The molecule has 0 spiro atoms. The second-order valence-electron chi connectivity index (χ2n) is 4.00. The molecule has 1 aromatic carbocycles. The molecule has 0 fully saturated rings. The summed E-state index contributed by atoms with van der Waals surface area (Å²) in [5.74, 6) is 6.77. The minimum atomic E-state index is 0.446. The number of nitrogen functional groups attached to an aromatic ring is 1. The van der Waals surface area contributed by atoms with Gasteiger partial charge in [0.05, 0.1) is 26.0 Å². The van der Waals surface area contributed by atoms with Crippen LogP contribution in [0.3, 0.4) is 0 Å². The molecule has 19 heavy (non-hydrogen) atoms. The lowest BCUT2D eigenvalue weighted by Gasteiger charge is -2.06. The van der Waals surface area contributed by atoms with Gasteiger partial charge in [-0.15, -0.1) is 0 Å². The number of ether oxygens (including phenoxy) is 2. The molecular weight excluding hydrogens is 242 g/mol. The highest BCUT2D eigenvalue weighted by Gasteiger charge is 1.98. The summed E-state index contributed by atoms with van der Waals surface area (Å²) in [4.78, 5) is 4.27. The van der Waals surface area contributed by atoms with Crippen LogP contribution in [0.1, 0.15) is 11.3 Å². The fourth-order valence-electron chi connectivity index (χ4n) is 1.64. The van der Waals surface area contributed by atoms with Gasteiger partial charge >= 0.3 is 0 Å². The Hall–Kier alpha value is -2.11. The van der Waals surface area contributed by atoms with Gasteiger partial charge in [-0.2, -0.15) is 0 Å². The zero-order valence-corrected chi connectivity index (χ0v) is 10.8. The standard InChI is InChI=1S/C14H17N3O2/c1-18-13-7-5-11(6-8-13)9-19-10-12-3-2-4-14(16-12)17-15/h2-8H,9-10,15H2,1H3,(H,16,17). The Morgan fingerprint density at radius 2 is 1.89 bits per heavy atom. The number of nitrogens with one attached hydrogen (secondary N) is 1. The number of hydrogen-bond donors (Lipinski definition) is 2. The Morgan fingerprint density at radius 1 is 1.11 bits per heavy atom. The van der Waals surface area contributed by atoms with E-state index in [-0.39, 0.29) is 0 Å². The lowest BCUT2D eigenvalue weighted by Crippen LogP contribution is -2.09. The molecule has 0 saturated carbocycles. The van der Waals surface area contributed by atoms with Crippen molar-refractivity contribution in [1.82, 2.24) is 4.98 Å².